The van der Waals surface area contributed by atoms with Gasteiger partial charge in [0.05, 0.1) is 23.0 Å². The molecule has 5 aromatic rings. The highest BCUT2D eigenvalue weighted by atomic mass is 35.5. The van der Waals surface area contributed by atoms with Gasteiger partial charge in [-0.25, -0.2) is 4.52 Å². The summed E-state index contributed by atoms with van der Waals surface area (Å²) in [5.74, 6) is -0.0786. The lowest BCUT2D eigenvalue weighted by Crippen LogP contribution is -2.17. The number of anilines is 1. The van der Waals surface area contributed by atoms with Gasteiger partial charge in [-0.2, -0.15) is 5.10 Å². The van der Waals surface area contributed by atoms with Crippen molar-refractivity contribution < 1.29 is 4.79 Å². The second-order valence-corrected chi connectivity index (χ2v) is 9.61. The molecule has 170 valence electrons. The Morgan fingerprint density at radius 2 is 1.68 bits per heavy atom. The van der Waals surface area contributed by atoms with Crippen LogP contribution in [0.15, 0.2) is 72.9 Å². The number of carbonyl (C=O) groups excluding carboxylic acids is 1. The van der Waals surface area contributed by atoms with Crippen LogP contribution < -0.4 is 5.32 Å². The average molecular weight is 488 g/mol. The summed E-state index contributed by atoms with van der Waals surface area (Å²) in [7, 11) is 0. The van der Waals surface area contributed by atoms with E-state index < -0.39 is 0 Å². The number of aromatic nitrogens is 2. The fraction of sp³-hybridized carbons (Fsp3) is 0.143. The topological polar surface area (TPSA) is 46.4 Å². The number of carbonyl (C=O) groups is 1. The Kier molecular flexibility index (Phi) is 5.80. The number of hydrogen-bond acceptors (Lipinski definition) is 2. The Morgan fingerprint density at radius 3 is 2.41 bits per heavy atom. The van der Waals surface area contributed by atoms with Gasteiger partial charge >= 0.3 is 0 Å². The molecule has 0 aliphatic rings. The van der Waals surface area contributed by atoms with Crippen LogP contribution in [0.4, 0.5) is 5.69 Å². The molecule has 3 aromatic carbocycles. The smallest absolute Gasteiger partial charge is 0.257 e. The molecule has 0 radical (unpaired) electrons. The lowest BCUT2D eigenvalue weighted by atomic mass is 9.97. The van der Waals surface area contributed by atoms with Crippen molar-refractivity contribution in [3.8, 4) is 11.3 Å². The SMILES string of the molecule is Cc1cc2c(C(C)C)c(C(=O)Nc3cccc4ccccc34)cnn2c1-c1cc(Cl)cc(Cl)c1. The molecule has 0 aliphatic heterocycles. The molecule has 0 bridgehead atoms. The van der Waals surface area contributed by atoms with Gasteiger partial charge in [0.25, 0.3) is 5.91 Å². The number of halogens is 2. The molecule has 6 heteroatoms. The standard InChI is InChI=1S/C28H23Cl2N3O/c1-16(2)26-23(28(34)32-24-10-6-8-18-7-4-5-9-22(18)24)15-31-33-25(26)11-17(3)27(33)19-12-20(29)14-21(30)13-19/h4-16H,1-3H3,(H,32,34). The first-order valence-electron chi connectivity index (χ1n) is 11.1. The molecule has 1 N–H and O–H groups in total. The second kappa shape index (κ2) is 8.79. The molecule has 0 fully saturated rings. The molecule has 5 rings (SSSR count). The van der Waals surface area contributed by atoms with E-state index in [1.165, 1.54) is 0 Å². The van der Waals surface area contributed by atoms with Crippen molar-refractivity contribution >= 4 is 51.1 Å². The summed E-state index contributed by atoms with van der Waals surface area (Å²) < 4.78 is 1.88. The molecule has 2 heterocycles. The maximum atomic E-state index is 13.5. The van der Waals surface area contributed by atoms with Gasteiger partial charge in [-0.1, -0.05) is 73.4 Å². The van der Waals surface area contributed by atoms with Crippen LogP contribution in [0.2, 0.25) is 10.0 Å². The van der Waals surface area contributed by atoms with E-state index in [1.54, 1.807) is 12.3 Å². The fourth-order valence-corrected chi connectivity index (χ4v) is 5.14. The molecule has 0 unspecified atom stereocenters. The lowest BCUT2D eigenvalue weighted by molar-refractivity contribution is 0.102. The van der Waals surface area contributed by atoms with Crippen LogP contribution in [0.1, 0.15) is 41.3 Å². The van der Waals surface area contributed by atoms with E-state index in [-0.39, 0.29) is 11.8 Å². The second-order valence-electron chi connectivity index (χ2n) is 8.74. The summed E-state index contributed by atoms with van der Waals surface area (Å²) in [6.45, 7) is 6.20. The van der Waals surface area contributed by atoms with Gasteiger partial charge < -0.3 is 5.32 Å². The normalized spacial score (nSPS) is 11.5. The lowest BCUT2D eigenvalue weighted by Gasteiger charge is -2.16. The zero-order chi connectivity index (χ0) is 24.0. The van der Waals surface area contributed by atoms with Crippen LogP contribution >= 0.6 is 23.2 Å². The van der Waals surface area contributed by atoms with E-state index in [9.17, 15) is 4.79 Å². The van der Waals surface area contributed by atoms with Gasteiger partial charge in [-0.05, 0) is 59.7 Å². The van der Waals surface area contributed by atoms with Crippen molar-refractivity contribution in [2.45, 2.75) is 26.7 Å². The Bertz CT molecular complexity index is 1540. The number of hydrogen-bond donors (Lipinski definition) is 1. The van der Waals surface area contributed by atoms with E-state index in [4.69, 9.17) is 23.2 Å². The summed E-state index contributed by atoms with van der Waals surface area (Å²) >= 11 is 12.5. The minimum Gasteiger partial charge on any atom is -0.321 e. The minimum atomic E-state index is -0.179. The summed E-state index contributed by atoms with van der Waals surface area (Å²) in [6.07, 6.45) is 1.65. The van der Waals surface area contributed by atoms with Crippen molar-refractivity contribution in [1.29, 1.82) is 0 Å². The Balaban J connectivity index is 1.64. The molecule has 0 saturated carbocycles. The van der Waals surface area contributed by atoms with Crippen LogP contribution in [-0.2, 0) is 0 Å². The first kappa shape index (κ1) is 22.5. The number of nitrogens with zero attached hydrogens (tertiary/aromatic N) is 2. The average Bonchev–Trinajstić information content (AvgIpc) is 3.13. The molecule has 34 heavy (non-hydrogen) atoms. The van der Waals surface area contributed by atoms with Crippen molar-refractivity contribution in [2.24, 2.45) is 0 Å². The van der Waals surface area contributed by atoms with Crippen molar-refractivity contribution in [3.05, 3.63) is 99.7 Å². The van der Waals surface area contributed by atoms with Crippen molar-refractivity contribution in [3.63, 3.8) is 0 Å². The molecule has 2 aromatic heterocycles. The van der Waals surface area contributed by atoms with E-state index in [0.29, 0.717) is 15.6 Å². The number of rotatable bonds is 4. The zero-order valence-corrected chi connectivity index (χ0v) is 20.6. The van der Waals surface area contributed by atoms with Gasteiger partial charge in [0.1, 0.15) is 0 Å². The molecule has 0 atom stereocenters. The highest BCUT2D eigenvalue weighted by Crippen LogP contribution is 2.35. The van der Waals surface area contributed by atoms with Crippen LogP contribution in [-0.4, -0.2) is 15.5 Å². The zero-order valence-electron chi connectivity index (χ0n) is 19.1. The summed E-state index contributed by atoms with van der Waals surface area (Å²) in [4.78, 5) is 13.5. The van der Waals surface area contributed by atoms with Crippen molar-refractivity contribution in [2.75, 3.05) is 5.32 Å². The predicted molar refractivity (Wildman–Crippen MR) is 141 cm³/mol. The monoisotopic (exact) mass is 487 g/mol. The first-order valence-corrected chi connectivity index (χ1v) is 11.9. The van der Waals surface area contributed by atoms with Crippen LogP contribution in [0.25, 0.3) is 27.5 Å². The number of nitrogens with one attached hydrogen (secondary N) is 1. The summed E-state index contributed by atoms with van der Waals surface area (Å²) in [5, 5.41) is 11.0. The minimum absolute atomic E-state index is 0.101. The molecule has 0 spiro atoms. The van der Waals surface area contributed by atoms with Gasteiger partial charge in [0.2, 0.25) is 0 Å². The molecular weight excluding hydrogens is 465 g/mol. The van der Waals surface area contributed by atoms with Crippen molar-refractivity contribution in [1.82, 2.24) is 9.61 Å². The number of amides is 1. The Labute approximate surface area is 208 Å². The number of benzene rings is 3. The third-order valence-corrected chi connectivity index (χ3v) is 6.47. The molecule has 1 amide bonds. The van der Waals surface area contributed by atoms with Gasteiger partial charge in [0.15, 0.2) is 0 Å². The largest absolute Gasteiger partial charge is 0.321 e. The Hall–Kier alpha value is -3.34. The number of fused-ring (bicyclic) bond motifs is 2. The van der Waals surface area contributed by atoms with E-state index >= 15 is 0 Å². The quantitative estimate of drug-likeness (QED) is 0.278. The summed E-state index contributed by atoms with van der Waals surface area (Å²) in [5.41, 5.74) is 5.98. The van der Waals surface area contributed by atoms with E-state index in [2.05, 4.69) is 30.3 Å². The van der Waals surface area contributed by atoms with Crippen LogP contribution in [0, 0.1) is 6.92 Å². The third kappa shape index (κ3) is 3.93. The first-order chi connectivity index (χ1) is 16.3. The van der Waals surface area contributed by atoms with Gasteiger partial charge in [-0.3, -0.25) is 4.79 Å². The van der Waals surface area contributed by atoms with Gasteiger partial charge in [0, 0.05) is 26.7 Å². The van der Waals surface area contributed by atoms with Gasteiger partial charge in [-0.15, -0.1) is 0 Å². The highest BCUT2D eigenvalue weighted by Gasteiger charge is 2.22. The predicted octanol–water partition coefficient (Wildman–Crippen LogP) is 8.15. The maximum absolute atomic E-state index is 13.5. The molecule has 4 nitrogen and oxygen atoms in total. The van der Waals surface area contributed by atoms with E-state index in [0.717, 1.165) is 44.4 Å². The number of aryl methyl sites for hydroxylation is 1. The third-order valence-electron chi connectivity index (χ3n) is 6.03. The van der Waals surface area contributed by atoms with E-state index in [1.807, 2.05) is 66.0 Å². The Morgan fingerprint density at radius 1 is 0.971 bits per heavy atom. The fourth-order valence-electron chi connectivity index (χ4n) is 4.61. The summed E-state index contributed by atoms with van der Waals surface area (Å²) in [6, 6.07) is 21.4. The molecule has 0 saturated heterocycles. The van der Waals surface area contributed by atoms with Crippen LogP contribution in [0.5, 0.6) is 0 Å². The molecular formula is C28H23Cl2N3O. The molecule has 0 aliphatic carbocycles. The maximum Gasteiger partial charge on any atom is 0.257 e. The van der Waals surface area contributed by atoms with Crippen LogP contribution in [0.3, 0.4) is 0 Å². The highest BCUT2D eigenvalue weighted by molar-refractivity contribution is 6.35.